The van der Waals surface area contributed by atoms with Gasteiger partial charge in [-0.2, -0.15) is 5.10 Å². The van der Waals surface area contributed by atoms with Crippen molar-refractivity contribution in [3.05, 3.63) is 42.0 Å². The Morgan fingerprint density at radius 1 is 1.38 bits per heavy atom. The smallest absolute Gasteiger partial charge is 0.245 e. The molecule has 0 saturated heterocycles. The number of nitrogens with one attached hydrogen (secondary N) is 1. The number of methoxy groups -OCH3 is 1. The van der Waals surface area contributed by atoms with E-state index in [4.69, 9.17) is 4.74 Å². The fraction of sp³-hybridized carbons (Fsp3) is 0.400. The zero-order chi connectivity index (χ0) is 15.4. The molecular weight excluding hydrogens is 268 g/mol. The Morgan fingerprint density at radius 2 is 2.14 bits per heavy atom. The molecule has 2 aromatic rings. The van der Waals surface area contributed by atoms with Gasteiger partial charge in [0, 0.05) is 5.56 Å². The quantitative estimate of drug-likeness (QED) is 0.914. The van der Waals surface area contributed by atoms with E-state index in [1.807, 2.05) is 32.0 Å². The highest BCUT2D eigenvalue weighted by Crippen LogP contribution is 2.26. The number of nitrogens with zero attached hydrogens (tertiary/aromatic N) is 3. The summed E-state index contributed by atoms with van der Waals surface area (Å²) in [5.74, 6) is 0.651. The maximum atomic E-state index is 12.3. The van der Waals surface area contributed by atoms with Crippen LogP contribution in [0.1, 0.15) is 37.1 Å². The Labute approximate surface area is 124 Å². The maximum Gasteiger partial charge on any atom is 0.245 e. The van der Waals surface area contributed by atoms with Gasteiger partial charge in [-0.15, -0.1) is 0 Å². The molecule has 2 rings (SSSR count). The molecule has 2 atom stereocenters. The molecule has 1 aromatic carbocycles. The lowest BCUT2D eigenvalue weighted by Crippen LogP contribution is -2.33. The van der Waals surface area contributed by atoms with Gasteiger partial charge < -0.3 is 10.1 Å². The molecule has 1 amide bonds. The maximum absolute atomic E-state index is 12.3. The normalized spacial score (nSPS) is 13.5. The van der Waals surface area contributed by atoms with Gasteiger partial charge in [-0.3, -0.25) is 4.79 Å². The monoisotopic (exact) mass is 288 g/mol. The van der Waals surface area contributed by atoms with E-state index in [0.29, 0.717) is 0 Å². The van der Waals surface area contributed by atoms with E-state index in [1.54, 1.807) is 14.0 Å². The number of aromatic nitrogens is 3. The zero-order valence-electron chi connectivity index (χ0n) is 12.7. The van der Waals surface area contributed by atoms with Crippen molar-refractivity contribution in [2.24, 2.45) is 0 Å². The van der Waals surface area contributed by atoms with Gasteiger partial charge in [0.15, 0.2) is 0 Å². The predicted octanol–water partition coefficient (Wildman–Crippen LogP) is 2.03. The molecule has 112 valence electrons. The van der Waals surface area contributed by atoms with Crippen molar-refractivity contribution in [3.8, 4) is 5.75 Å². The Kier molecular flexibility index (Phi) is 4.57. The first kappa shape index (κ1) is 15.0. The average Bonchev–Trinajstić information content (AvgIpc) is 3.00. The van der Waals surface area contributed by atoms with Crippen molar-refractivity contribution < 1.29 is 9.53 Å². The average molecular weight is 288 g/mol. The molecule has 0 bridgehead atoms. The van der Waals surface area contributed by atoms with Crippen LogP contribution in [-0.4, -0.2) is 27.8 Å². The number of hydrogen-bond donors (Lipinski definition) is 1. The molecule has 0 radical (unpaired) electrons. The minimum atomic E-state index is -0.411. The lowest BCUT2D eigenvalue weighted by molar-refractivity contribution is -0.124. The summed E-state index contributed by atoms with van der Waals surface area (Å²) >= 11 is 0. The highest BCUT2D eigenvalue weighted by molar-refractivity contribution is 5.80. The number of benzene rings is 1. The van der Waals surface area contributed by atoms with Crippen LogP contribution < -0.4 is 10.1 Å². The Bertz CT molecular complexity index is 610. The first-order valence-electron chi connectivity index (χ1n) is 6.82. The fourth-order valence-corrected chi connectivity index (χ4v) is 2.14. The second-order valence-corrected chi connectivity index (χ2v) is 5.03. The zero-order valence-corrected chi connectivity index (χ0v) is 12.7. The molecule has 1 heterocycles. The van der Waals surface area contributed by atoms with Gasteiger partial charge >= 0.3 is 0 Å². The van der Waals surface area contributed by atoms with Gasteiger partial charge in [-0.25, -0.2) is 9.67 Å². The Hall–Kier alpha value is -2.37. The van der Waals surface area contributed by atoms with Crippen molar-refractivity contribution >= 4 is 5.91 Å². The first-order chi connectivity index (χ1) is 10.0. The molecule has 0 spiro atoms. The molecular formula is C15H20N4O2. The van der Waals surface area contributed by atoms with Crippen LogP contribution in [-0.2, 0) is 4.79 Å². The highest BCUT2D eigenvalue weighted by Gasteiger charge is 2.20. The lowest BCUT2D eigenvalue weighted by atomic mass is 10.0. The number of ether oxygens (including phenoxy) is 1. The van der Waals surface area contributed by atoms with E-state index in [1.165, 1.54) is 17.3 Å². The van der Waals surface area contributed by atoms with Crippen molar-refractivity contribution in [1.29, 1.82) is 0 Å². The highest BCUT2D eigenvalue weighted by atomic mass is 16.5. The van der Waals surface area contributed by atoms with E-state index in [9.17, 15) is 4.79 Å². The number of rotatable bonds is 5. The molecule has 1 N–H and O–H groups in total. The van der Waals surface area contributed by atoms with Crippen molar-refractivity contribution in [2.75, 3.05) is 7.11 Å². The van der Waals surface area contributed by atoms with Crippen LogP contribution in [0.2, 0.25) is 0 Å². The molecule has 0 fully saturated rings. The van der Waals surface area contributed by atoms with Crippen LogP contribution in [0.25, 0.3) is 0 Å². The van der Waals surface area contributed by atoms with Crippen molar-refractivity contribution in [1.82, 2.24) is 20.1 Å². The Morgan fingerprint density at radius 3 is 2.76 bits per heavy atom. The second-order valence-electron chi connectivity index (χ2n) is 5.03. The fourth-order valence-electron chi connectivity index (χ4n) is 2.14. The van der Waals surface area contributed by atoms with Gasteiger partial charge in [0.2, 0.25) is 5.91 Å². The molecule has 0 unspecified atom stereocenters. The van der Waals surface area contributed by atoms with Crippen LogP contribution in [0.3, 0.4) is 0 Å². The molecule has 0 aliphatic carbocycles. The largest absolute Gasteiger partial charge is 0.496 e. The van der Waals surface area contributed by atoms with Gasteiger partial charge in [-0.1, -0.05) is 17.7 Å². The van der Waals surface area contributed by atoms with Crippen molar-refractivity contribution in [2.45, 2.75) is 32.9 Å². The third-order valence-electron chi connectivity index (χ3n) is 3.42. The summed E-state index contributed by atoms with van der Waals surface area (Å²) in [6.45, 7) is 5.73. The van der Waals surface area contributed by atoms with E-state index in [0.717, 1.165) is 16.9 Å². The molecule has 0 aliphatic heterocycles. The van der Waals surface area contributed by atoms with Crippen LogP contribution in [0, 0.1) is 6.92 Å². The SMILES string of the molecule is COc1ccc(C)cc1[C@@H](C)NC(=O)[C@@H](C)n1cncn1. The summed E-state index contributed by atoms with van der Waals surface area (Å²) in [6.07, 6.45) is 2.94. The minimum absolute atomic E-state index is 0.114. The predicted molar refractivity (Wildman–Crippen MR) is 79.0 cm³/mol. The van der Waals surface area contributed by atoms with Gasteiger partial charge in [0.25, 0.3) is 0 Å². The summed E-state index contributed by atoms with van der Waals surface area (Å²) in [5, 5.41) is 6.96. The van der Waals surface area contributed by atoms with Gasteiger partial charge in [-0.05, 0) is 26.8 Å². The summed E-state index contributed by atoms with van der Waals surface area (Å²) in [6, 6.07) is 5.34. The summed E-state index contributed by atoms with van der Waals surface area (Å²) < 4.78 is 6.88. The Balaban J connectivity index is 2.12. The summed E-state index contributed by atoms with van der Waals surface area (Å²) in [5.41, 5.74) is 2.08. The topological polar surface area (TPSA) is 69.0 Å². The van der Waals surface area contributed by atoms with E-state index in [2.05, 4.69) is 15.4 Å². The second kappa shape index (κ2) is 6.39. The number of aryl methyl sites for hydroxylation is 1. The molecule has 0 aliphatic rings. The molecule has 6 heteroatoms. The standard InChI is InChI=1S/C15H20N4O2/c1-10-5-6-14(21-4)13(7-10)11(2)18-15(20)12(3)19-9-16-8-17-19/h5-9,11-12H,1-4H3,(H,18,20)/t11-,12-/m1/s1. The van der Waals surface area contributed by atoms with E-state index in [-0.39, 0.29) is 11.9 Å². The third kappa shape index (κ3) is 3.39. The number of amides is 1. The molecule has 21 heavy (non-hydrogen) atoms. The summed E-state index contributed by atoms with van der Waals surface area (Å²) in [4.78, 5) is 16.1. The number of carbonyl (C=O) groups excluding carboxylic acids is 1. The minimum Gasteiger partial charge on any atom is -0.496 e. The van der Waals surface area contributed by atoms with Crippen LogP contribution in [0.4, 0.5) is 0 Å². The van der Waals surface area contributed by atoms with Crippen LogP contribution in [0.15, 0.2) is 30.9 Å². The van der Waals surface area contributed by atoms with E-state index < -0.39 is 6.04 Å². The van der Waals surface area contributed by atoms with Gasteiger partial charge in [0.1, 0.15) is 24.4 Å². The first-order valence-corrected chi connectivity index (χ1v) is 6.82. The van der Waals surface area contributed by atoms with Crippen LogP contribution >= 0.6 is 0 Å². The molecule has 1 aromatic heterocycles. The van der Waals surface area contributed by atoms with Gasteiger partial charge in [0.05, 0.1) is 13.2 Å². The summed E-state index contributed by atoms with van der Waals surface area (Å²) in [7, 11) is 1.63. The lowest BCUT2D eigenvalue weighted by Gasteiger charge is -2.20. The van der Waals surface area contributed by atoms with Crippen LogP contribution in [0.5, 0.6) is 5.75 Å². The van der Waals surface area contributed by atoms with E-state index >= 15 is 0 Å². The number of carbonyl (C=O) groups is 1. The third-order valence-corrected chi connectivity index (χ3v) is 3.42. The van der Waals surface area contributed by atoms with Crippen molar-refractivity contribution in [3.63, 3.8) is 0 Å². The molecule has 6 nitrogen and oxygen atoms in total. The molecule has 0 saturated carbocycles. The number of hydrogen-bond acceptors (Lipinski definition) is 4.